The van der Waals surface area contributed by atoms with E-state index in [9.17, 15) is 13.2 Å². The van der Waals surface area contributed by atoms with Gasteiger partial charge in [0, 0.05) is 0 Å². The number of tetrazole rings is 1. The number of esters is 1. The molecule has 0 saturated heterocycles. The van der Waals surface area contributed by atoms with Crippen molar-refractivity contribution in [2.75, 3.05) is 7.11 Å². The lowest BCUT2D eigenvalue weighted by atomic mass is 10.1. The van der Waals surface area contributed by atoms with E-state index >= 15 is 0 Å². The minimum absolute atomic E-state index is 0.0314. The fourth-order valence-corrected chi connectivity index (χ4v) is 3.21. The van der Waals surface area contributed by atoms with Crippen LogP contribution in [0.3, 0.4) is 0 Å². The number of hydrogen-bond donors (Lipinski definition) is 1. The van der Waals surface area contributed by atoms with Crippen LogP contribution in [0.25, 0.3) is 5.69 Å². The molecule has 2 aromatic rings. The predicted molar refractivity (Wildman–Crippen MR) is 80.1 cm³/mol. The Morgan fingerprint density at radius 2 is 1.91 bits per heavy atom. The average molecular weight is 339 g/mol. The van der Waals surface area contributed by atoms with Crippen LogP contribution in [0.4, 0.5) is 0 Å². The normalized spacial score (nSPS) is 13.0. The average Bonchev–Trinajstić information content (AvgIpc) is 3.06. The highest BCUT2D eigenvalue weighted by atomic mass is 32.2. The highest BCUT2D eigenvalue weighted by molar-refractivity contribution is 7.89. The molecule has 0 aliphatic carbocycles. The Hall–Kier alpha value is -2.33. The third-order valence-electron chi connectivity index (χ3n) is 3.16. The monoisotopic (exact) mass is 339 g/mol. The topological polar surface area (TPSA) is 116 Å². The molecule has 9 nitrogen and oxygen atoms in total. The van der Waals surface area contributed by atoms with Gasteiger partial charge >= 0.3 is 5.97 Å². The quantitative estimate of drug-likeness (QED) is 0.744. The van der Waals surface area contributed by atoms with Gasteiger partial charge in [0.15, 0.2) is 0 Å². The van der Waals surface area contributed by atoms with E-state index < -0.39 is 22.0 Å². The molecule has 0 spiro atoms. The summed E-state index contributed by atoms with van der Waals surface area (Å²) in [7, 11) is -2.64. The van der Waals surface area contributed by atoms with Crippen LogP contribution in [0.2, 0.25) is 0 Å². The van der Waals surface area contributed by atoms with E-state index in [1.54, 1.807) is 26.0 Å². The molecule has 1 atom stereocenters. The Morgan fingerprint density at radius 3 is 2.39 bits per heavy atom. The van der Waals surface area contributed by atoms with Crippen molar-refractivity contribution in [3.63, 3.8) is 0 Å². The summed E-state index contributed by atoms with van der Waals surface area (Å²) in [5, 5.41) is 10.7. The molecular formula is C13H17N5O4S. The van der Waals surface area contributed by atoms with Crippen molar-refractivity contribution in [2.45, 2.75) is 24.8 Å². The van der Waals surface area contributed by atoms with Crippen molar-refractivity contribution in [3.05, 3.63) is 30.6 Å². The van der Waals surface area contributed by atoms with Crippen LogP contribution in [0.5, 0.6) is 0 Å². The smallest absolute Gasteiger partial charge is 0.324 e. The lowest BCUT2D eigenvalue weighted by molar-refractivity contribution is -0.143. The highest BCUT2D eigenvalue weighted by Crippen LogP contribution is 2.15. The maximum Gasteiger partial charge on any atom is 0.324 e. The molecule has 0 radical (unpaired) electrons. The van der Waals surface area contributed by atoms with Crippen LogP contribution >= 0.6 is 0 Å². The first-order valence-corrected chi connectivity index (χ1v) is 8.27. The molecule has 0 aliphatic heterocycles. The molecular weight excluding hydrogens is 322 g/mol. The van der Waals surface area contributed by atoms with E-state index in [1.165, 1.54) is 30.3 Å². The maximum absolute atomic E-state index is 12.4. The molecule has 0 amide bonds. The first kappa shape index (κ1) is 17.0. The second kappa shape index (κ2) is 6.84. The van der Waals surface area contributed by atoms with Crippen LogP contribution in [0.1, 0.15) is 13.8 Å². The number of hydrogen-bond acceptors (Lipinski definition) is 7. The van der Waals surface area contributed by atoms with E-state index in [0.717, 1.165) is 0 Å². The third-order valence-corrected chi connectivity index (χ3v) is 4.62. The number of carbonyl (C=O) groups excluding carboxylic acids is 1. The van der Waals surface area contributed by atoms with Gasteiger partial charge in [-0.05, 0) is 40.6 Å². The molecule has 124 valence electrons. The summed E-state index contributed by atoms with van der Waals surface area (Å²) in [6.07, 6.45) is 1.40. The molecule has 1 aromatic heterocycles. The van der Waals surface area contributed by atoms with Gasteiger partial charge in [0.05, 0.1) is 17.7 Å². The first-order valence-electron chi connectivity index (χ1n) is 6.78. The zero-order chi connectivity index (χ0) is 17.0. The Bertz CT molecular complexity index is 756. The van der Waals surface area contributed by atoms with Gasteiger partial charge in [-0.2, -0.15) is 4.72 Å². The SMILES string of the molecule is COC(=O)[C@@H](NS(=O)(=O)c1ccc(-n2cnnn2)cc1)C(C)C. The van der Waals surface area contributed by atoms with Crippen molar-refractivity contribution < 1.29 is 17.9 Å². The van der Waals surface area contributed by atoms with Gasteiger partial charge in [-0.3, -0.25) is 4.79 Å². The number of aromatic nitrogens is 4. The van der Waals surface area contributed by atoms with Crippen LogP contribution in [0, 0.1) is 5.92 Å². The summed E-state index contributed by atoms with van der Waals surface area (Å²) in [5.41, 5.74) is 0.613. The molecule has 10 heteroatoms. The zero-order valence-electron chi connectivity index (χ0n) is 12.9. The van der Waals surface area contributed by atoms with Crippen molar-refractivity contribution in [1.82, 2.24) is 24.9 Å². The summed E-state index contributed by atoms with van der Waals surface area (Å²) in [6.45, 7) is 3.45. The van der Waals surface area contributed by atoms with Crippen molar-refractivity contribution >= 4 is 16.0 Å². The van der Waals surface area contributed by atoms with E-state index in [-0.39, 0.29) is 10.8 Å². The van der Waals surface area contributed by atoms with Crippen LogP contribution in [-0.2, 0) is 19.6 Å². The second-order valence-corrected chi connectivity index (χ2v) is 6.83. The number of sulfonamides is 1. The van der Waals surface area contributed by atoms with Gasteiger partial charge in [0.25, 0.3) is 0 Å². The molecule has 1 aromatic carbocycles. The molecule has 0 unspecified atom stereocenters. The van der Waals surface area contributed by atoms with Gasteiger partial charge in [-0.15, -0.1) is 5.10 Å². The summed E-state index contributed by atoms with van der Waals surface area (Å²) in [5.74, 6) is -0.883. The summed E-state index contributed by atoms with van der Waals surface area (Å²) in [4.78, 5) is 11.7. The van der Waals surface area contributed by atoms with E-state index in [0.29, 0.717) is 5.69 Å². The lowest BCUT2D eigenvalue weighted by Crippen LogP contribution is -2.44. The summed E-state index contributed by atoms with van der Waals surface area (Å²) < 4.78 is 33.2. The molecule has 0 bridgehead atoms. The molecule has 0 fully saturated rings. The zero-order valence-corrected chi connectivity index (χ0v) is 13.7. The minimum Gasteiger partial charge on any atom is -0.468 e. The standard InChI is InChI=1S/C13H17N5O4S/c1-9(2)12(13(19)22-3)15-23(20,21)11-6-4-10(5-7-11)18-8-14-16-17-18/h4-9,12,15H,1-3H3/t12-/m0/s1. The van der Waals surface area contributed by atoms with E-state index in [4.69, 9.17) is 0 Å². The van der Waals surface area contributed by atoms with E-state index in [1.807, 2.05) is 0 Å². The number of rotatable bonds is 6. The number of methoxy groups -OCH3 is 1. The fourth-order valence-electron chi connectivity index (χ4n) is 1.88. The lowest BCUT2D eigenvalue weighted by Gasteiger charge is -2.19. The van der Waals surface area contributed by atoms with E-state index in [2.05, 4.69) is 25.0 Å². The summed E-state index contributed by atoms with van der Waals surface area (Å²) >= 11 is 0. The Balaban J connectivity index is 2.23. The van der Waals surface area contributed by atoms with Crippen LogP contribution in [0.15, 0.2) is 35.5 Å². The molecule has 0 aliphatic rings. The first-order chi connectivity index (χ1) is 10.8. The fraction of sp³-hybridized carbons (Fsp3) is 0.385. The van der Waals surface area contributed by atoms with Crippen molar-refractivity contribution in [2.24, 2.45) is 5.92 Å². The molecule has 2 rings (SSSR count). The largest absolute Gasteiger partial charge is 0.468 e. The van der Waals surface area contributed by atoms with Gasteiger partial charge in [0.2, 0.25) is 10.0 Å². The number of nitrogens with one attached hydrogen (secondary N) is 1. The van der Waals surface area contributed by atoms with Crippen molar-refractivity contribution in [1.29, 1.82) is 0 Å². The van der Waals surface area contributed by atoms with Gasteiger partial charge in [-0.1, -0.05) is 13.8 Å². The van der Waals surface area contributed by atoms with Gasteiger partial charge in [0.1, 0.15) is 12.4 Å². The number of carbonyl (C=O) groups is 1. The van der Waals surface area contributed by atoms with Crippen LogP contribution in [-0.4, -0.2) is 47.7 Å². The van der Waals surface area contributed by atoms with Crippen LogP contribution < -0.4 is 4.72 Å². The highest BCUT2D eigenvalue weighted by Gasteiger charge is 2.29. The third kappa shape index (κ3) is 3.90. The van der Waals surface area contributed by atoms with Crippen molar-refractivity contribution in [3.8, 4) is 5.69 Å². The minimum atomic E-state index is -3.86. The molecule has 23 heavy (non-hydrogen) atoms. The Labute approximate surface area is 133 Å². The molecule has 1 heterocycles. The number of nitrogens with zero attached hydrogens (tertiary/aromatic N) is 4. The number of ether oxygens (including phenoxy) is 1. The maximum atomic E-state index is 12.4. The predicted octanol–water partition coefficient (Wildman–Crippen LogP) is 0.138. The summed E-state index contributed by atoms with van der Waals surface area (Å²) in [6, 6.07) is 4.99. The van der Waals surface area contributed by atoms with Gasteiger partial charge < -0.3 is 4.74 Å². The Morgan fingerprint density at radius 1 is 1.26 bits per heavy atom. The number of benzene rings is 1. The molecule has 0 saturated carbocycles. The second-order valence-electron chi connectivity index (χ2n) is 5.11. The Kier molecular flexibility index (Phi) is 5.06. The molecule has 1 N–H and O–H groups in total. The van der Waals surface area contributed by atoms with Gasteiger partial charge in [-0.25, -0.2) is 13.1 Å².